The molecule has 1 aromatic heterocycles. The molecule has 0 unspecified atom stereocenters. The molecule has 2 heterocycles. The van der Waals surface area contributed by atoms with Crippen LogP contribution >= 0.6 is 0 Å². The van der Waals surface area contributed by atoms with E-state index in [0.717, 1.165) is 16.8 Å². The van der Waals surface area contributed by atoms with E-state index in [-0.39, 0.29) is 11.5 Å². The predicted molar refractivity (Wildman–Crippen MR) is 103 cm³/mol. The normalized spacial score (nSPS) is 14.6. The Morgan fingerprint density at radius 1 is 0.929 bits per heavy atom. The highest BCUT2D eigenvalue weighted by atomic mass is 16.3. The van der Waals surface area contributed by atoms with Gasteiger partial charge in [-0.1, -0.05) is 12.1 Å². The first-order valence-electron chi connectivity index (χ1n) is 8.61. The van der Waals surface area contributed by atoms with Crippen LogP contribution in [0.3, 0.4) is 0 Å². The lowest BCUT2D eigenvalue weighted by Gasteiger charge is -2.19. The van der Waals surface area contributed by atoms with Crippen LogP contribution in [0.15, 0.2) is 60.9 Å². The molecule has 1 aliphatic rings. The van der Waals surface area contributed by atoms with Crippen LogP contribution in [0.25, 0.3) is 16.8 Å². The van der Waals surface area contributed by atoms with Gasteiger partial charge in [0.2, 0.25) is 0 Å². The quantitative estimate of drug-likeness (QED) is 0.273. The first-order valence-corrected chi connectivity index (χ1v) is 8.61. The van der Waals surface area contributed by atoms with E-state index in [1.807, 2.05) is 18.2 Å². The second kappa shape index (κ2) is 6.96. The number of fused-ring (bicyclic) bond motifs is 1. The number of phenolic OH excluding ortho intramolecular Hbond substituents is 2. The highest BCUT2D eigenvalue weighted by Gasteiger charge is 2.27. The summed E-state index contributed by atoms with van der Waals surface area (Å²) in [5.74, 6) is -1.33. The highest BCUT2D eigenvalue weighted by molar-refractivity contribution is 6.31. The summed E-state index contributed by atoms with van der Waals surface area (Å²) in [6, 6.07) is 13.6. The number of phenols is 2. The average Bonchev–Trinajstić information content (AvgIpc) is 3.21. The molecule has 2 amide bonds. The molecular weight excluding hydrogens is 358 g/mol. The minimum atomic E-state index is -0.484. The zero-order valence-electron chi connectivity index (χ0n) is 14.7. The van der Waals surface area contributed by atoms with Crippen LogP contribution in [0.4, 0.5) is 0 Å². The van der Waals surface area contributed by atoms with Gasteiger partial charge in [0, 0.05) is 35.8 Å². The Balaban J connectivity index is 1.65. The Bertz CT molecular complexity index is 1100. The second-order valence-corrected chi connectivity index (χ2v) is 6.39. The molecule has 140 valence electrons. The van der Waals surface area contributed by atoms with Crippen LogP contribution in [0.1, 0.15) is 21.5 Å². The highest BCUT2D eigenvalue weighted by Crippen LogP contribution is 2.29. The van der Waals surface area contributed by atoms with E-state index in [1.54, 1.807) is 30.6 Å². The molecule has 7 nitrogen and oxygen atoms in total. The molecule has 0 aliphatic carbocycles. The number of carbonyl (C=O) groups is 2. The van der Waals surface area contributed by atoms with E-state index in [4.69, 9.17) is 0 Å². The van der Waals surface area contributed by atoms with E-state index < -0.39 is 11.8 Å². The topological polar surface area (TPSA) is 114 Å². The van der Waals surface area contributed by atoms with E-state index in [2.05, 4.69) is 15.6 Å². The number of aromatic amines is 1. The summed E-state index contributed by atoms with van der Waals surface area (Å²) < 4.78 is 0. The monoisotopic (exact) mass is 375 g/mol. The van der Waals surface area contributed by atoms with Gasteiger partial charge >= 0.3 is 0 Å². The number of rotatable bonds is 4. The van der Waals surface area contributed by atoms with Crippen molar-refractivity contribution in [3.63, 3.8) is 0 Å². The van der Waals surface area contributed by atoms with E-state index in [9.17, 15) is 19.8 Å². The van der Waals surface area contributed by atoms with Gasteiger partial charge in [0.15, 0.2) is 11.5 Å². The molecule has 28 heavy (non-hydrogen) atoms. The first kappa shape index (κ1) is 17.4. The molecule has 0 atom stereocenters. The van der Waals surface area contributed by atoms with E-state index >= 15 is 0 Å². The van der Waals surface area contributed by atoms with Crippen molar-refractivity contribution in [1.29, 1.82) is 0 Å². The maximum atomic E-state index is 12.4. The van der Waals surface area contributed by atoms with Crippen molar-refractivity contribution in [1.82, 2.24) is 15.6 Å². The summed E-state index contributed by atoms with van der Waals surface area (Å²) in [6.45, 7) is 0.324. The average molecular weight is 375 g/mol. The number of benzene rings is 2. The molecule has 0 fully saturated rings. The number of carbonyl (C=O) groups excluding carboxylic acids is 2. The van der Waals surface area contributed by atoms with Crippen LogP contribution in [-0.2, 0) is 11.3 Å². The van der Waals surface area contributed by atoms with Gasteiger partial charge in [-0.3, -0.25) is 14.9 Å². The molecule has 5 N–H and O–H groups in total. The molecule has 0 bridgehead atoms. The van der Waals surface area contributed by atoms with Crippen molar-refractivity contribution in [2.24, 2.45) is 0 Å². The predicted octanol–water partition coefficient (Wildman–Crippen LogP) is 2.49. The summed E-state index contributed by atoms with van der Waals surface area (Å²) in [7, 11) is 0. The van der Waals surface area contributed by atoms with Gasteiger partial charge in [0.1, 0.15) is 0 Å². The van der Waals surface area contributed by atoms with Crippen LogP contribution in [-0.4, -0.2) is 27.0 Å². The van der Waals surface area contributed by atoms with Gasteiger partial charge in [-0.15, -0.1) is 0 Å². The van der Waals surface area contributed by atoms with Gasteiger partial charge < -0.3 is 20.5 Å². The standard InChI is InChI=1S/C21H17N3O4/c25-18-6-3-12(8-19(18)26)10-22-11-16-15-9-13(17-2-1-7-23-17)4-5-14(15)20(27)24-21(16)28/h1-9,11,22-23,25-26H,10H2,(H,24,27,28)/b16-11+. The molecule has 0 saturated heterocycles. The lowest BCUT2D eigenvalue weighted by Crippen LogP contribution is -2.37. The minimum Gasteiger partial charge on any atom is -0.504 e. The summed E-state index contributed by atoms with van der Waals surface area (Å²) >= 11 is 0. The SMILES string of the molecule is O=C1NC(=O)c2ccc(-c3ccc[nH]3)cc2/C1=C\NCc1ccc(O)c(O)c1. The summed E-state index contributed by atoms with van der Waals surface area (Å²) in [6.07, 6.45) is 3.35. The third-order valence-electron chi connectivity index (χ3n) is 4.53. The van der Waals surface area contributed by atoms with Crippen molar-refractivity contribution in [2.45, 2.75) is 6.54 Å². The third-order valence-corrected chi connectivity index (χ3v) is 4.53. The molecular formula is C21H17N3O4. The molecule has 4 rings (SSSR count). The largest absolute Gasteiger partial charge is 0.504 e. The number of hydrogen-bond donors (Lipinski definition) is 5. The first-order chi connectivity index (χ1) is 13.5. The second-order valence-electron chi connectivity index (χ2n) is 6.39. The third kappa shape index (κ3) is 3.21. The van der Waals surface area contributed by atoms with Crippen molar-refractivity contribution in [3.8, 4) is 22.8 Å². The van der Waals surface area contributed by atoms with Crippen LogP contribution in [0.5, 0.6) is 11.5 Å². The molecule has 0 saturated carbocycles. The fourth-order valence-corrected chi connectivity index (χ4v) is 3.10. The van der Waals surface area contributed by atoms with E-state index in [0.29, 0.717) is 23.2 Å². The molecule has 0 spiro atoms. The molecule has 3 aromatic rings. The zero-order valence-corrected chi connectivity index (χ0v) is 14.7. The Kier molecular flexibility index (Phi) is 4.33. The number of hydrogen-bond acceptors (Lipinski definition) is 5. The van der Waals surface area contributed by atoms with Crippen molar-refractivity contribution < 1.29 is 19.8 Å². The number of nitrogens with one attached hydrogen (secondary N) is 3. The summed E-state index contributed by atoms with van der Waals surface area (Å²) in [5, 5.41) is 24.3. The van der Waals surface area contributed by atoms with Gasteiger partial charge in [-0.2, -0.15) is 0 Å². The molecule has 1 aliphatic heterocycles. The number of H-pyrrole nitrogens is 1. The van der Waals surface area contributed by atoms with Gasteiger partial charge in [0.25, 0.3) is 11.8 Å². The lowest BCUT2D eigenvalue weighted by molar-refractivity contribution is -0.114. The Morgan fingerprint density at radius 2 is 1.79 bits per heavy atom. The summed E-state index contributed by atoms with van der Waals surface area (Å²) in [5.41, 5.74) is 3.77. The Hall–Kier alpha value is -4.00. The van der Waals surface area contributed by atoms with Crippen LogP contribution in [0.2, 0.25) is 0 Å². The maximum Gasteiger partial charge on any atom is 0.260 e. The smallest absolute Gasteiger partial charge is 0.260 e. The van der Waals surface area contributed by atoms with Crippen LogP contribution < -0.4 is 10.6 Å². The van der Waals surface area contributed by atoms with Gasteiger partial charge in [-0.25, -0.2) is 0 Å². The number of aromatic hydroxyl groups is 2. The Morgan fingerprint density at radius 3 is 2.54 bits per heavy atom. The Labute approximate surface area is 160 Å². The molecule has 2 aromatic carbocycles. The van der Waals surface area contributed by atoms with Crippen molar-refractivity contribution in [3.05, 3.63) is 77.6 Å². The van der Waals surface area contributed by atoms with Gasteiger partial charge in [-0.05, 0) is 47.5 Å². The van der Waals surface area contributed by atoms with Crippen molar-refractivity contribution >= 4 is 17.4 Å². The number of aromatic nitrogens is 1. The van der Waals surface area contributed by atoms with Crippen LogP contribution in [0, 0.1) is 0 Å². The number of amides is 2. The fraction of sp³-hybridized carbons (Fsp3) is 0.0476. The lowest BCUT2D eigenvalue weighted by atomic mass is 9.93. The zero-order chi connectivity index (χ0) is 19.7. The molecule has 0 radical (unpaired) electrons. The summed E-state index contributed by atoms with van der Waals surface area (Å²) in [4.78, 5) is 27.7. The molecule has 7 heteroatoms. The van der Waals surface area contributed by atoms with Crippen molar-refractivity contribution in [2.75, 3.05) is 0 Å². The van der Waals surface area contributed by atoms with Gasteiger partial charge in [0.05, 0.1) is 5.57 Å². The minimum absolute atomic E-state index is 0.196. The van der Waals surface area contributed by atoms with E-state index in [1.165, 1.54) is 12.1 Å². The fourth-order valence-electron chi connectivity index (χ4n) is 3.10. The maximum absolute atomic E-state index is 12.4. The number of imide groups is 1.